The third kappa shape index (κ3) is 3.54. The van der Waals surface area contributed by atoms with Crippen LogP contribution in [-0.2, 0) is 17.6 Å². The molecule has 1 N–H and O–H groups in total. The van der Waals surface area contributed by atoms with Crippen molar-refractivity contribution in [2.24, 2.45) is 0 Å². The molecular formula is C21H24N4O2. The lowest BCUT2D eigenvalue weighted by Gasteiger charge is -2.26. The first-order valence-electron chi connectivity index (χ1n) is 9.83. The molecule has 27 heavy (non-hydrogen) atoms. The van der Waals surface area contributed by atoms with Crippen molar-refractivity contribution in [2.75, 3.05) is 25.2 Å². The summed E-state index contributed by atoms with van der Waals surface area (Å²) in [6.07, 6.45) is 8.77. The molecule has 1 aromatic carbocycles. The van der Waals surface area contributed by atoms with E-state index in [1.54, 1.807) is 17.3 Å². The Hall–Kier alpha value is -2.47. The van der Waals surface area contributed by atoms with Gasteiger partial charge in [-0.05, 0) is 54.7 Å². The van der Waals surface area contributed by atoms with E-state index in [9.17, 15) is 4.79 Å². The zero-order valence-electron chi connectivity index (χ0n) is 15.4. The third-order valence-corrected chi connectivity index (χ3v) is 5.69. The standard InChI is InChI=1S/C21H24N4O2/c26-20(25-6-1-7-27-13-25)18-11-22-21(23-12-18)24-19-9-16-5-4-15(14-2-3-14)8-17(16)10-19/h4-5,8,11-12,14,19H,1-3,6-7,9-10,13H2,(H,22,23,24). The van der Waals surface area contributed by atoms with E-state index in [1.165, 1.54) is 29.5 Å². The summed E-state index contributed by atoms with van der Waals surface area (Å²) < 4.78 is 5.35. The van der Waals surface area contributed by atoms with Gasteiger partial charge in [-0.25, -0.2) is 9.97 Å². The van der Waals surface area contributed by atoms with E-state index in [0.717, 1.165) is 38.3 Å². The Morgan fingerprint density at radius 3 is 2.70 bits per heavy atom. The summed E-state index contributed by atoms with van der Waals surface area (Å²) >= 11 is 0. The second-order valence-corrected chi connectivity index (χ2v) is 7.81. The Labute approximate surface area is 159 Å². The van der Waals surface area contributed by atoms with Crippen LogP contribution in [0.15, 0.2) is 30.6 Å². The molecule has 6 heteroatoms. The summed E-state index contributed by atoms with van der Waals surface area (Å²) in [5, 5.41) is 3.43. The summed E-state index contributed by atoms with van der Waals surface area (Å²) in [6.45, 7) is 1.79. The van der Waals surface area contributed by atoms with Gasteiger partial charge in [0.05, 0.1) is 12.2 Å². The van der Waals surface area contributed by atoms with E-state index >= 15 is 0 Å². The highest BCUT2D eigenvalue weighted by Crippen LogP contribution is 2.41. The number of anilines is 1. The first-order chi connectivity index (χ1) is 13.3. The summed E-state index contributed by atoms with van der Waals surface area (Å²) in [5.41, 5.74) is 4.88. The lowest BCUT2D eigenvalue weighted by Crippen LogP contribution is -2.38. The van der Waals surface area contributed by atoms with Gasteiger partial charge in [0.25, 0.3) is 5.91 Å². The maximum Gasteiger partial charge on any atom is 0.258 e. The van der Waals surface area contributed by atoms with Crippen molar-refractivity contribution in [1.82, 2.24) is 14.9 Å². The highest BCUT2D eigenvalue weighted by atomic mass is 16.5. The third-order valence-electron chi connectivity index (χ3n) is 5.69. The summed E-state index contributed by atoms with van der Waals surface area (Å²) in [5.74, 6) is 1.31. The molecule has 0 spiro atoms. The van der Waals surface area contributed by atoms with Crippen LogP contribution in [0.1, 0.15) is 52.2 Å². The number of nitrogens with zero attached hydrogens (tertiary/aromatic N) is 3. The molecule has 2 heterocycles. The Balaban J connectivity index is 1.22. The van der Waals surface area contributed by atoms with E-state index in [1.807, 2.05) is 0 Å². The number of carbonyl (C=O) groups is 1. The Kier molecular flexibility index (Phi) is 4.28. The highest BCUT2D eigenvalue weighted by Gasteiger charge is 2.27. The number of amides is 1. The molecule has 1 saturated carbocycles. The predicted molar refractivity (Wildman–Crippen MR) is 102 cm³/mol. The average molecular weight is 364 g/mol. The molecule has 1 aromatic heterocycles. The van der Waals surface area contributed by atoms with E-state index < -0.39 is 0 Å². The molecule has 2 aliphatic carbocycles. The summed E-state index contributed by atoms with van der Waals surface area (Å²) in [6, 6.07) is 7.28. The van der Waals surface area contributed by atoms with Crippen LogP contribution in [0.3, 0.4) is 0 Å². The minimum atomic E-state index is -0.0675. The molecule has 5 rings (SSSR count). The maximum absolute atomic E-state index is 12.4. The van der Waals surface area contributed by atoms with E-state index in [4.69, 9.17) is 4.74 Å². The van der Waals surface area contributed by atoms with Crippen molar-refractivity contribution in [3.63, 3.8) is 0 Å². The van der Waals surface area contributed by atoms with E-state index in [-0.39, 0.29) is 5.91 Å². The zero-order valence-corrected chi connectivity index (χ0v) is 15.4. The number of nitrogens with one attached hydrogen (secondary N) is 1. The lowest BCUT2D eigenvalue weighted by molar-refractivity contribution is -0.00575. The molecule has 3 aliphatic rings. The van der Waals surface area contributed by atoms with Gasteiger partial charge in [0.1, 0.15) is 6.73 Å². The van der Waals surface area contributed by atoms with Gasteiger partial charge in [-0.3, -0.25) is 4.79 Å². The monoisotopic (exact) mass is 364 g/mol. The minimum absolute atomic E-state index is 0.0675. The molecule has 1 saturated heterocycles. The SMILES string of the molecule is O=C(c1cnc(NC2Cc3ccc(C4CC4)cc3C2)nc1)N1CCCOC1. The predicted octanol–water partition coefficient (Wildman–Crippen LogP) is 2.75. The minimum Gasteiger partial charge on any atom is -0.361 e. The normalized spacial score (nSPS) is 21.8. The Morgan fingerprint density at radius 1 is 1.15 bits per heavy atom. The number of hydrogen-bond acceptors (Lipinski definition) is 5. The van der Waals surface area contributed by atoms with Crippen LogP contribution in [0, 0.1) is 0 Å². The second-order valence-electron chi connectivity index (χ2n) is 7.81. The van der Waals surface area contributed by atoms with Gasteiger partial charge in [0.15, 0.2) is 0 Å². The molecule has 2 fully saturated rings. The number of aromatic nitrogens is 2. The van der Waals surface area contributed by atoms with Crippen LogP contribution in [0.4, 0.5) is 5.95 Å². The quantitative estimate of drug-likeness (QED) is 0.904. The van der Waals surface area contributed by atoms with Gasteiger partial charge in [-0.1, -0.05) is 18.2 Å². The van der Waals surface area contributed by atoms with Crippen molar-refractivity contribution in [2.45, 2.75) is 44.1 Å². The van der Waals surface area contributed by atoms with Crippen LogP contribution in [0.2, 0.25) is 0 Å². The first-order valence-corrected chi connectivity index (χ1v) is 9.83. The number of rotatable bonds is 4. The first kappa shape index (κ1) is 16.7. The Morgan fingerprint density at radius 2 is 1.96 bits per heavy atom. The lowest BCUT2D eigenvalue weighted by atomic mass is 10.0. The fourth-order valence-corrected chi connectivity index (χ4v) is 4.05. The van der Waals surface area contributed by atoms with E-state index in [2.05, 4.69) is 33.5 Å². The molecule has 0 bridgehead atoms. The van der Waals surface area contributed by atoms with E-state index in [0.29, 0.717) is 24.3 Å². The van der Waals surface area contributed by atoms with Crippen LogP contribution in [-0.4, -0.2) is 46.7 Å². The molecule has 1 unspecified atom stereocenters. The fraction of sp³-hybridized carbons (Fsp3) is 0.476. The van der Waals surface area contributed by atoms with Gasteiger partial charge < -0.3 is 15.0 Å². The average Bonchev–Trinajstić information content (AvgIpc) is 3.49. The van der Waals surface area contributed by atoms with Gasteiger partial charge in [0.2, 0.25) is 5.95 Å². The van der Waals surface area contributed by atoms with Crippen LogP contribution in [0.25, 0.3) is 0 Å². The Bertz CT molecular complexity index is 842. The molecule has 1 aliphatic heterocycles. The number of ether oxygens (including phenoxy) is 1. The highest BCUT2D eigenvalue weighted by molar-refractivity contribution is 5.93. The van der Waals surface area contributed by atoms with Crippen LogP contribution in [0.5, 0.6) is 0 Å². The molecule has 2 aromatic rings. The molecule has 140 valence electrons. The zero-order chi connectivity index (χ0) is 18.2. The summed E-state index contributed by atoms with van der Waals surface area (Å²) in [4.78, 5) is 22.9. The molecule has 1 atom stereocenters. The van der Waals surface area contributed by atoms with Crippen molar-refractivity contribution in [3.05, 3.63) is 52.8 Å². The molecular weight excluding hydrogens is 340 g/mol. The number of benzene rings is 1. The van der Waals surface area contributed by atoms with Gasteiger partial charge in [0, 0.05) is 25.0 Å². The molecule has 0 radical (unpaired) electrons. The smallest absolute Gasteiger partial charge is 0.258 e. The second kappa shape index (κ2) is 6.93. The van der Waals surface area contributed by atoms with Crippen molar-refractivity contribution < 1.29 is 9.53 Å². The molecule has 6 nitrogen and oxygen atoms in total. The largest absolute Gasteiger partial charge is 0.361 e. The summed E-state index contributed by atoms with van der Waals surface area (Å²) in [7, 11) is 0. The van der Waals surface area contributed by atoms with Crippen molar-refractivity contribution in [1.29, 1.82) is 0 Å². The van der Waals surface area contributed by atoms with Gasteiger partial charge in [-0.2, -0.15) is 0 Å². The van der Waals surface area contributed by atoms with Crippen molar-refractivity contribution in [3.8, 4) is 0 Å². The van der Waals surface area contributed by atoms with Gasteiger partial charge >= 0.3 is 0 Å². The fourth-order valence-electron chi connectivity index (χ4n) is 4.05. The van der Waals surface area contributed by atoms with Crippen molar-refractivity contribution >= 4 is 11.9 Å². The van der Waals surface area contributed by atoms with Crippen LogP contribution < -0.4 is 5.32 Å². The molecule has 1 amide bonds. The maximum atomic E-state index is 12.4. The number of fused-ring (bicyclic) bond motifs is 1. The topological polar surface area (TPSA) is 67.4 Å². The van der Waals surface area contributed by atoms with Gasteiger partial charge in [-0.15, -0.1) is 0 Å². The number of carbonyl (C=O) groups excluding carboxylic acids is 1. The van der Waals surface area contributed by atoms with Crippen LogP contribution >= 0.6 is 0 Å². The number of hydrogen-bond donors (Lipinski definition) is 1.